The fourth-order valence-electron chi connectivity index (χ4n) is 2.07. The third-order valence-corrected chi connectivity index (χ3v) is 2.63. The van der Waals surface area contributed by atoms with Crippen LogP contribution in [0.15, 0.2) is 0 Å². The summed E-state index contributed by atoms with van der Waals surface area (Å²) in [6.45, 7) is 9.06. The molecule has 0 heterocycles. The van der Waals surface area contributed by atoms with E-state index in [0.717, 1.165) is 11.8 Å². The lowest BCUT2D eigenvalue weighted by atomic mass is 9.88. The van der Waals surface area contributed by atoms with E-state index in [2.05, 4.69) is 33.6 Å². The molecule has 0 aliphatic rings. The summed E-state index contributed by atoms with van der Waals surface area (Å²) in [5.74, 6) is 4.90. The van der Waals surface area contributed by atoms with Crippen molar-refractivity contribution in [3.63, 3.8) is 0 Å². The molecular weight excluding hydrogens is 156 g/mol. The van der Waals surface area contributed by atoms with E-state index in [-0.39, 0.29) is 0 Å². The maximum Gasteiger partial charge on any atom is 0.0174 e. The summed E-state index contributed by atoms with van der Waals surface area (Å²) in [4.78, 5) is 0. The van der Waals surface area contributed by atoms with Crippen LogP contribution >= 0.6 is 0 Å². The predicted molar refractivity (Wildman–Crippen MR) is 60.5 cm³/mol. The highest BCUT2D eigenvalue weighted by atomic mass is 14.2. The van der Waals surface area contributed by atoms with Crippen LogP contribution in [-0.4, -0.2) is 0 Å². The quantitative estimate of drug-likeness (QED) is 0.540. The Balaban J connectivity index is 3.61. The van der Waals surface area contributed by atoms with E-state index in [1.807, 2.05) is 0 Å². The minimum Gasteiger partial charge on any atom is -0.120 e. The summed E-state index contributed by atoms with van der Waals surface area (Å²) in [6.07, 6.45) is 10.5. The van der Waals surface area contributed by atoms with Gasteiger partial charge in [-0.05, 0) is 24.7 Å². The first-order valence-electron chi connectivity index (χ1n) is 5.56. The molecule has 13 heavy (non-hydrogen) atoms. The Morgan fingerprint density at radius 1 is 1.08 bits per heavy atom. The van der Waals surface area contributed by atoms with Crippen molar-refractivity contribution in [1.82, 2.24) is 0 Å². The molecular formula is C13H24. The first-order valence-corrected chi connectivity index (χ1v) is 5.56. The molecule has 0 saturated heterocycles. The molecule has 0 bridgehead atoms. The van der Waals surface area contributed by atoms with Crippen LogP contribution in [0, 0.1) is 30.1 Å². The number of terminal acetylenes is 1. The minimum absolute atomic E-state index is 0.448. The van der Waals surface area contributed by atoms with E-state index >= 15 is 0 Å². The van der Waals surface area contributed by atoms with Gasteiger partial charge in [-0.1, -0.05) is 40.5 Å². The van der Waals surface area contributed by atoms with Gasteiger partial charge in [0.25, 0.3) is 0 Å². The van der Waals surface area contributed by atoms with Gasteiger partial charge >= 0.3 is 0 Å². The fourth-order valence-corrected chi connectivity index (χ4v) is 2.07. The highest BCUT2D eigenvalue weighted by Crippen LogP contribution is 2.21. The van der Waals surface area contributed by atoms with E-state index in [4.69, 9.17) is 6.42 Å². The van der Waals surface area contributed by atoms with Crippen molar-refractivity contribution in [3.8, 4) is 12.3 Å². The zero-order valence-electron chi connectivity index (χ0n) is 9.64. The largest absolute Gasteiger partial charge is 0.120 e. The minimum atomic E-state index is 0.448. The number of hydrogen-bond donors (Lipinski definition) is 0. The molecule has 0 aromatic carbocycles. The van der Waals surface area contributed by atoms with Crippen molar-refractivity contribution in [1.29, 1.82) is 0 Å². The van der Waals surface area contributed by atoms with E-state index in [1.165, 1.54) is 25.7 Å². The molecule has 0 aliphatic carbocycles. The Labute approximate surface area is 84.1 Å². The molecule has 0 radical (unpaired) electrons. The van der Waals surface area contributed by atoms with Crippen LogP contribution in [0.25, 0.3) is 0 Å². The highest BCUT2D eigenvalue weighted by Gasteiger charge is 2.10. The molecule has 0 rings (SSSR count). The van der Waals surface area contributed by atoms with Crippen LogP contribution < -0.4 is 0 Å². The third kappa shape index (κ3) is 6.70. The van der Waals surface area contributed by atoms with Gasteiger partial charge in [-0.15, -0.1) is 12.3 Å². The maximum absolute atomic E-state index is 5.36. The molecule has 0 aromatic rings. The van der Waals surface area contributed by atoms with Crippen molar-refractivity contribution in [3.05, 3.63) is 0 Å². The Kier molecular flexibility index (Phi) is 6.77. The van der Waals surface area contributed by atoms with Gasteiger partial charge in [-0.3, -0.25) is 0 Å². The average Bonchev–Trinajstić information content (AvgIpc) is 2.04. The average molecular weight is 180 g/mol. The van der Waals surface area contributed by atoms with Crippen LogP contribution in [0.3, 0.4) is 0 Å². The summed E-state index contributed by atoms with van der Waals surface area (Å²) in [5.41, 5.74) is 0. The highest BCUT2D eigenvalue weighted by molar-refractivity contribution is 4.90. The van der Waals surface area contributed by atoms with Gasteiger partial charge in [0.1, 0.15) is 0 Å². The van der Waals surface area contributed by atoms with Crippen molar-refractivity contribution in [2.45, 2.75) is 53.4 Å². The molecule has 0 spiro atoms. The molecule has 0 aliphatic heterocycles. The Bertz CT molecular complexity index is 152. The summed E-state index contributed by atoms with van der Waals surface area (Å²) >= 11 is 0. The van der Waals surface area contributed by atoms with Crippen molar-refractivity contribution in [2.24, 2.45) is 17.8 Å². The molecule has 3 atom stereocenters. The zero-order valence-corrected chi connectivity index (χ0v) is 9.64. The molecule has 0 amide bonds. The molecule has 0 aromatic heterocycles. The summed E-state index contributed by atoms with van der Waals surface area (Å²) < 4.78 is 0. The molecule has 0 saturated carbocycles. The molecule has 76 valence electrons. The van der Waals surface area contributed by atoms with Crippen LogP contribution in [0.4, 0.5) is 0 Å². The normalized spacial score (nSPS) is 17.5. The summed E-state index contributed by atoms with van der Waals surface area (Å²) in [5, 5.41) is 0. The third-order valence-electron chi connectivity index (χ3n) is 2.63. The molecule has 0 N–H and O–H groups in total. The van der Waals surface area contributed by atoms with E-state index in [0.29, 0.717) is 5.92 Å². The van der Waals surface area contributed by atoms with Crippen molar-refractivity contribution >= 4 is 0 Å². The van der Waals surface area contributed by atoms with Gasteiger partial charge < -0.3 is 0 Å². The van der Waals surface area contributed by atoms with E-state index in [9.17, 15) is 0 Å². The SMILES string of the molecule is C#C[C@@H](C)C[C@@H](C)C[C@@H](C)CCC. The monoisotopic (exact) mass is 180 g/mol. The first kappa shape index (κ1) is 12.6. The summed E-state index contributed by atoms with van der Waals surface area (Å²) in [7, 11) is 0. The van der Waals surface area contributed by atoms with Gasteiger partial charge in [0.05, 0.1) is 0 Å². The van der Waals surface area contributed by atoms with Crippen molar-refractivity contribution in [2.75, 3.05) is 0 Å². The second kappa shape index (κ2) is 7.01. The van der Waals surface area contributed by atoms with Gasteiger partial charge in [0.2, 0.25) is 0 Å². The molecule has 0 unspecified atom stereocenters. The van der Waals surface area contributed by atoms with Crippen molar-refractivity contribution < 1.29 is 0 Å². The summed E-state index contributed by atoms with van der Waals surface area (Å²) in [6, 6.07) is 0. The topological polar surface area (TPSA) is 0 Å². The molecule has 0 nitrogen and oxygen atoms in total. The van der Waals surface area contributed by atoms with E-state index < -0.39 is 0 Å². The number of rotatable bonds is 6. The lowest BCUT2D eigenvalue weighted by Gasteiger charge is -2.17. The van der Waals surface area contributed by atoms with Gasteiger partial charge in [0, 0.05) is 5.92 Å². The fraction of sp³-hybridized carbons (Fsp3) is 0.846. The Hall–Kier alpha value is -0.440. The second-order valence-corrected chi connectivity index (χ2v) is 4.54. The van der Waals surface area contributed by atoms with Gasteiger partial charge in [-0.25, -0.2) is 0 Å². The first-order chi connectivity index (χ1) is 6.10. The Morgan fingerprint density at radius 2 is 1.69 bits per heavy atom. The second-order valence-electron chi connectivity index (χ2n) is 4.54. The lowest BCUT2D eigenvalue weighted by molar-refractivity contribution is 0.356. The standard InChI is InChI=1S/C13H24/c1-6-8-12(4)10-13(5)9-11(3)7-2/h2,11-13H,6,8-10H2,1,3-5H3/t11-,12+,13-/m1/s1. The van der Waals surface area contributed by atoms with Gasteiger partial charge in [0.15, 0.2) is 0 Å². The van der Waals surface area contributed by atoms with Crippen LogP contribution in [0.2, 0.25) is 0 Å². The molecule has 0 fully saturated rings. The number of hydrogen-bond acceptors (Lipinski definition) is 0. The molecule has 0 heteroatoms. The van der Waals surface area contributed by atoms with Crippen LogP contribution in [0.5, 0.6) is 0 Å². The smallest absolute Gasteiger partial charge is 0.0174 e. The maximum atomic E-state index is 5.36. The van der Waals surface area contributed by atoms with Gasteiger partial charge in [-0.2, -0.15) is 0 Å². The predicted octanol–water partition coefficient (Wildman–Crippen LogP) is 4.11. The lowest BCUT2D eigenvalue weighted by Crippen LogP contribution is -2.06. The van der Waals surface area contributed by atoms with Crippen LogP contribution in [-0.2, 0) is 0 Å². The Morgan fingerprint density at radius 3 is 2.15 bits per heavy atom. The van der Waals surface area contributed by atoms with Crippen LogP contribution in [0.1, 0.15) is 53.4 Å². The zero-order chi connectivity index (χ0) is 10.3. The van der Waals surface area contributed by atoms with E-state index in [1.54, 1.807) is 0 Å².